The van der Waals surface area contributed by atoms with Gasteiger partial charge in [-0.1, -0.05) is 25.1 Å². The molecule has 0 fully saturated rings. The number of aryl methyl sites for hydroxylation is 1. The molecule has 128 valence electrons. The molecule has 0 saturated heterocycles. The van der Waals surface area contributed by atoms with Crippen molar-refractivity contribution in [3.63, 3.8) is 0 Å². The van der Waals surface area contributed by atoms with E-state index in [0.717, 1.165) is 17.7 Å². The first-order valence-corrected chi connectivity index (χ1v) is 8.05. The molecule has 1 amide bonds. The summed E-state index contributed by atoms with van der Waals surface area (Å²) >= 11 is 0. The highest BCUT2D eigenvalue weighted by molar-refractivity contribution is 6.14. The zero-order valence-electron chi connectivity index (χ0n) is 14.4. The number of para-hydroxylation sites is 1. The number of carbonyl (C=O) groups excluding carboxylic acids is 2. The molecule has 25 heavy (non-hydrogen) atoms. The maximum absolute atomic E-state index is 12.8. The second-order valence-electron chi connectivity index (χ2n) is 5.69. The molecule has 0 unspecified atom stereocenters. The lowest BCUT2D eigenvalue weighted by molar-refractivity contribution is 0.0987. The van der Waals surface area contributed by atoms with Crippen LogP contribution in [-0.4, -0.2) is 18.8 Å². The van der Waals surface area contributed by atoms with Gasteiger partial charge in [0.05, 0.1) is 12.7 Å². The van der Waals surface area contributed by atoms with E-state index in [-0.39, 0.29) is 17.5 Å². The van der Waals surface area contributed by atoms with E-state index in [4.69, 9.17) is 9.15 Å². The van der Waals surface area contributed by atoms with E-state index in [1.165, 1.54) is 14.0 Å². The Morgan fingerprint density at radius 3 is 2.60 bits per heavy atom. The van der Waals surface area contributed by atoms with Gasteiger partial charge in [-0.05, 0) is 36.2 Å². The summed E-state index contributed by atoms with van der Waals surface area (Å²) in [5, 5.41) is 3.49. The number of carbonyl (C=O) groups is 2. The highest BCUT2D eigenvalue weighted by Crippen LogP contribution is 2.32. The van der Waals surface area contributed by atoms with Crippen molar-refractivity contribution in [1.29, 1.82) is 0 Å². The van der Waals surface area contributed by atoms with Crippen LogP contribution in [0.1, 0.15) is 40.3 Å². The van der Waals surface area contributed by atoms with Gasteiger partial charge in [-0.15, -0.1) is 0 Å². The molecule has 0 spiro atoms. The van der Waals surface area contributed by atoms with E-state index < -0.39 is 0 Å². The Labute approximate surface area is 145 Å². The maximum Gasteiger partial charge on any atom is 0.256 e. The van der Waals surface area contributed by atoms with E-state index in [0.29, 0.717) is 22.3 Å². The molecule has 0 radical (unpaired) electrons. The van der Waals surface area contributed by atoms with Crippen molar-refractivity contribution in [3.05, 3.63) is 59.4 Å². The second-order valence-corrected chi connectivity index (χ2v) is 5.69. The monoisotopic (exact) mass is 337 g/mol. The number of Topliss-reactive ketones (excluding diaryl/α,β-unsaturated/α-hetero) is 1. The molecule has 2 aromatic carbocycles. The highest BCUT2D eigenvalue weighted by Gasteiger charge is 2.19. The van der Waals surface area contributed by atoms with E-state index in [1.54, 1.807) is 18.2 Å². The second kappa shape index (κ2) is 6.81. The topological polar surface area (TPSA) is 68.5 Å². The fraction of sp³-hybridized carbons (Fsp3) is 0.200. The predicted octanol–water partition coefficient (Wildman–Crippen LogP) is 4.46. The number of amides is 1. The van der Waals surface area contributed by atoms with E-state index in [9.17, 15) is 9.59 Å². The maximum atomic E-state index is 12.8. The van der Waals surface area contributed by atoms with Crippen LogP contribution in [0, 0.1) is 0 Å². The summed E-state index contributed by atoms with van der Waals surface area (Å²) in [6.07, 6.45) is 0.814. The lowest BCUT2D eigenvalue weighted by atomic mass is 10.1. The van der Waals surface area contributed by atoms with Crippen LogP contribution in [0.2, 0.25) is 0 Å². The molecular weight excluding hydrogens is 318 g/mol. The van der Waals surface area contributed by atoms with Gasteiger partial charge in [-0.25, -0.2) is 0 Å². The third kappa shape index (κ3) is 3.13. The lowest BCUT2D eigenvalue weighted by Crippen LogP contribution is -2.13. The number of furan rings is 1. The Morgan fingerprint density at radius 1 is 1.16 bits per heavy atom. The first-order valence-electron chi connectivity index (χ1n) is 8.05. The Bertz CT molecular complexity index is 955. The normalized spacial score (nSPS) is 10.7. The average Bonchev–Trinajstić information content (AvgIpc) is 3.06. The van der Waals surface area contributed by atoms with Crippen LogP contribution < -0.4 is 10.1 Å². The van der Waals surface area contributed by atoms with Gasteiger partial charge < -0.3 is 14.5 Å². The van der Waals surface area contributed by atoms with Crippen LogP contribution >= 0.6 is 0 Å². The summed E-state index contributed by atoms with van der Waals surface area (Å²) in [5.41, 5.74) is 2.65. The third-order valence-corrected chi connectivity index (χ3v) is 4.11. The quantitative estimate of drug-likeness (QED) is 0.698. The predicted molar refractivity (Wildman–Crippen MR) is 96.5 cm³/mol. The molecule has 1 heterocycles. The molecule has 5 heteroatoms. The molecule has 0 saturated carbocycles. The van der Waals surface area contributed by atoms with Gasteiger partial charge in [-0.3, -0.25) is 9.59 Å². The zero-order chi connectivity index (χ0) is 18.0. The van der Waals surface area contributed by atoms with Gasteiger partial charge in [0.15, 0.2) is 22.9 Å². The molecule has 5 nitrogen and oxygen atoms in total. The van der Waals surface area contributed by atoms with Crippen LogP contribution in [0.4, 0.5) is 5.69 Å². The number of rotatable bonds is 5. The number of hydrogen-bond donors (Lipinski definition) is 1. The van der Waals surface area contributed by atoms with Crippen LogP contribution in [0.5, 0.6) is 5.75 Å². The minimum atomic E-state index is -0.260. The smallest absolute Gasteiger partial charge is 0.256 e. The molecule has 0 bridgehead atoms. The lowest BCUT2D eigenvalue weighted by Gasteiger charge is -2.11. The molecule has 1 N–H and O–H groups in total. The molecule has 0 aliphatic heterocycles. The minimum Gasteiger partial charge on any atom is -0.493 e. The van der Waals surface area contributed by atoms with Crippen LogP contribution in [0.3, 0.4) is 0 Å². The first-order chi connectivity index (χ1) is 12.0. The van der Waals surface area contributed by atoms with Gasteiger partial charge in [0.25, 0.3) is 5.91 Å². The summed E-state index contributed by atoms with van der Waals surface area (Å²) in [7, 11) is 1.52. The SMILES string of the molecule is CCc1ccccc1NC(=O)c1ccc(OC)c2oc(C(C)=O)cc12. The van der Waals surface area contributed by atoms with Crippen LogP contribution in [0.15, 0.2) is 46.9 Å². The van der Waals surface area contributed by atoms with Gasteiger partial charge in [0.1, 0.15) is 0 Å². The Kier molecular flexibility index (Phi) is 4.57. The number of methoxy groups -OCH3 is 1. The van der Waals surface area contributed by atoms with Crippen LogP contribution in [0.25, 0.3) is 11.0 Å². The van der Waals surface area contributed by atoms with E-state index in [1.807, 2.05) is 31.2 Å². The van der Waals surface area contributed by atoms with Crippen molar-refractivity contribution in [3.8, 4) is 5.75 Å². The standard InChI is InChI=1S/C20H19NO4/c1-4-13-7-5-6-8-16(13)21-20(23)14-9-10-17(24-3)19-15(14)11-18(25-19)12(2)22/h5-11H,4H2,1-3H3,(H,21,23). The molecular formula is C20H19NO4. The fourth-order valence-electron chi connectivity index (χ4n) is 2.77. The zero-order valence-corrected chi connectivity index (χ0v) is 14.4. The van der Waals surface area contributed by atoms with Crippen molar-refractivity contribution in [2.45, 2.75) is 20.3 Å². The van der Waals surface area contributed by atoms with Crippen LogP contribution in [-0.2, 0) is 6.42 Å². The minimum absolute atomic E-state index is 0.197. The Hall–Kier alpha value is -3.08. The molecule has 0 aliphatic rings. The van der Waals surface area contributed by atoms with E-state index >= 15 is 0 Å². The summed E-state index contributed by atoms with van der Waals surface area (Å²) in [5.74, 6) is 0.209. The van der Waals surface area contributed by atoms with Gasteiger partial charge in [0, 0.05) is 18.0 Å². The largest absolute Gasteiger partial charge is 0.493 e. The molecule has 0 aliphatic carbocycles. The highest BCUT2D eigenvalue weighted by atomic mass is 16.5. The number of anilines is 1. The summed E-state index contributed by atoms with van der Waals surface area (Å²) in [6, 6.07) is 12.6. The van der Waals surface area contributed by atoms with Crippen molar-refractivity contribution in [2.24, 2.45) is 0 Å². The first kappa shape index (κ1) is 16.8. The Morgan fingerprint density at radius 2 is 1.92 bits per heavy atom. The number of nitrogens with one attached hydrogen (secondary N) is 1. The van der Waals surface area contributed by atoms with Crippen molar-refractivity contribution in [1.82, 2.24) is 0 Å². The molecule has 0 atom stereocenters. The average molecular weight is 337 g/mol. The van der Waals surface area contributed by atoms with Crippen molar-refractivity contribution >= 4 is 28.3 Å². The number of hydrogen-bond acceptors (Lipinski definition) is 4. The number of ether oxygens (including phenoxy) is 1. The summed E-state index contributed by atoms with van der Waals surface area (Å²) < 4.78 is 10.9. The van der Waals surface area contributed by atoms with Crippen molar-refractivity contribution < 1.29 is 18.7 Å². The van der Waals surface area contributed by atoms with E-state index in [2.05, 4.69) is 5.32 Å². The van der Waals surface area contributed by atoms with Crippen molar-refractivity contribution in [2.75, 3.05) is 12.4 Å². The van der Waals surface area contributed by atoms with Gasteiger partial charge in [0.2, 0.25) is 0 Å². The molecule has 3 rings (SSSR count). The molecule has 3 aromatic rings. The van der Waals surface area contributed by atoms with Gasteiger partial charge >= 0.3 is 0 Å². The molecule has 1 aromatic heterocycles. The number of benzene rings is 2. The number of ketones is 1. The van der Waals surface area contributed by atoms with Gasteiger partial charge in [-0.2, -0.15) is 0 Å². The summed E-state index contributed by atoms with van der Waals surface area (Å²) in [4.78, 5) is 24.4. The number of fused-ring (bicyclic) bond motifs is 1. The Balaban J connectivity index is 2.05. The summed E-state index contributed by atoms with van der Waals surface area (Å²) in [6.45, 7) is 3.45. The fourth-order valence-corrected chi connectivity index (χ4v) is 2.77. The third-order valence-electron chi connectivity index (χ3n) is 4.11.